The first kappa shape index (κ1) is 15.4. The van der Waals surface area contributed by atoms with Gasteiger partial charge in [-0.1, -0.05) is 46.5 Å². The highest BCUT2D eigenvalue weighted by Crippen LogP contribution is 2.39. The fraction of sp³-hybridized carbons (Fsp3) is 0.769. The first-order valence-corrected chi connectivity index (χ1v) is 9.11. The van der Waals surface area contributed by atoms with Gasteiger partial charge in [-0.3, -0.25) is 0 Å². The highest BCUT2D eigenvalue weighted by Gasteiger charge is 2.34. The maximum Gasteiger partial charge on any atom is 0.333 e. The second-order valence-corrected chi connectivity index (χ2v) is 11.9. The number of hydrogen-bond donors (Lipinski definition) is 0. The van der Waals surface area contributed by atoms with E-state index in [-0.39, 0.29) is 5.97 Å². The molecule has 0 saturated carbocycles. The Morgan fingerprint density at radius 1 is 1.31 bits per heavy atom. The summed E-state index contributed by atoms with van der Waals surface area (Å²) in [5.74, 6) is -0.268. The van der Waals surface area contributed by atoms with Crippen LogP contribution in [-0.2, 0) is 9.53 Å². The second kappa shape index (κ2) is 5.67. The summed E-state index contributed by atoms with van der Waals surface area (Å²) < 4.78 is 5.10. The summed E-state index contributed by atoms with van der Waals surface area (Å²) >= 11 is 0. The number of carbonyl (C=O) groups is 1. The molecule has 3 heteroatoms. The molecule has 0 bridgehead atoms. The SMILES string of the molecule is C=C(C)C(=O)OCCC[Si](C)(C)C(C)(C)C. The Labute approximate surface area is 101 Å². The van der Waals surface area contributed by atoms with Gasteiger partial charge in [-0.05, 0) is 18.4 Å². The summed E-state index contributed by atoms with van der Waals surface area (Å²) in [6, 6.07) is 1.19. The van der Waals surface area contributed by atoms with E-state index in [1.165, 1.54) is 6.04 Å². The van der Waals surface area contributed by atoms with Crippen molar-refractivity contribution in [2.45, 2.75) is 58.3 Å². The van der Waals surface area contributed by atoms with Crippen LogP contribution >= 0.6 is 0 Å². The minimum atomic E-state index is -1.22. The molecular weight excluding hydrogens is 216 g/mol. The van der Waals surface area contributed by atoms with Crippen LogP contribution in [0.1, 0.15) is 34.1 Å². The third-order valence-corrected chi connectivity index (χ3v) is 9.22. The number of ether oxygens (including phenoxy) is 1. The highest BCUT2D eigenvalue weighted by molar-refractivity contribution is 6.80. The summed E-state index contributed by atoms with van der Waals surface area (Å²) in [4.78, 5) is 11.2. The Hall–Kier alpha value is -0.573. The monoisotopic (exact) mass is 242 g/mol. The molecule has 0 aliphatic carbocycles. The molecule has 0 aromatic heterocycles. The lowest BCUT2D eigenvalue weighted by Gasteiger charge is -2.37. The van der Waals surface area contributed by atoms with Gasteiger partial charge in [-0.2, -0.15) is 0 Å². The maximum absolute atomic E-state index is 11.2. The van der Waals surface area contributed by atoms with Crippen molar-refractivity contribution in [1.82, 2.24) is 0 Å². The minimum Gasteiger partial charge on any atom is -0.462 e. The molecule has 0 saturated heterocycles. The van der Waals surface area contributed by atoms with Gasteiger partial charge in [0.25, 0.3) is 0 Å². The van der Waals surface area contributed by atoms with Gasteiger partial charge < -0.3 is 4.74 Å². The Balaban J connectivity index is 3.92. The molecule has 0 spiro atoms. The predicted molar refractivity (Wildman–Crippen MR) is 72.4 cm³/mol. The molecule has 0 heterocycles. The summed E-state index contributed by atoms with van der Waals surface area (Å²) in [7, 11) is -1.22. The smallest absolute Gasteiger partial charge is 0.333 e. The van der Waals surface area contributed by atoms with Crippen molar-refractivity contribution in [3.63, 3.8) is 0 Å². The minimum absolute atomic E-state index is 0.268. The van der Waals surface area contributed by atoms with Crippen LogP contribution in [0.5, 0.6) is 0 Å². The number of esters is 1. The molecule has 0 aliphatic heterocycles. The van der Waals surface area contributed by atoms with E-state index < -0.39 is 8.07 Å². The van der Waals surface area contributed by atoms with Crippen LogP contribution in [0.25, 0.3) is 0 Å². The van der Waals surface area contributed by atoms with E-state index in [1.54, 1.807) is 6.92 Å². The van der Waals surface area contributed by atoms with Gasteiger partial charge in [0.2, 0.25) is 0 Å². The van der Waals surface area contributed by atoms with Gasteiger partial charge in [-0.25, -0.2) is 4.79 Å². The van der Waals surface area contributed by atoms with Crippen LogP contribution < -0.4 is 0 Å². The lowest BCUT2D eigenvalue weighted by atomic mass is 10.2. The van der Waals surface area contributed by atoms with E-state index in [4.69, 9.17) is 4.74 Å². The van der Waals surface area contributed by atoms with E-state index >= 15 is 0 Å². The summed E-state index contributed by atoms with van der Waals surface area (Å²) in [5, 5.41) is 0.408. The molecule has 0 atom stereocenters. The van der Waals surface area contributed by atoms with Crippen LogP contribution in [0.2, 0.25) is 24.2 Å². The van der Waals surface area contributed by atoms with E-state index in [1.807, 2.05) is 0 Å². The van der Waals surface area contributed by atoms with Crippen molar-refractivity contribution in [1.29, 1.82) is 0 Å². The van der Waals surface area contributed by atoms with Crippen LogP contribution in [-0.4, -0.2) is 20.7 Å². The van der Waals surface area contributed by atoms with Gasteiger partial charge in [0, 0.05) is 5.57 Å². The average Bonchev–Trinajstić information content (AvgIpc) is 2.09. The fourth-order valence-electron chi connectivity index (χ4n) is 1.18. The third-order valence-electron chi connectivity index (χ3n) is 3.56. The predicted octanol–water partition coefficient (Wildman–Crippen LogP) is 4.00. The largest absolute Gasteiger partial charge is 0.462 e. The van der Waals surface area contributed by atoms with E-state index in [0.29, 0.717) is 17.2 Å². The topological polar surface area (TPSA) is 26.3 Å². The number of hydrogen-bond acceptors (Lipinski definition) is 2. The quantitative estimate of drug-likeness (QED) is 0.315. The highest BCUT2D eigenvalue weighted by atomic mass is 28.3. The summed E-state index contributed by atoms with van der Waals surface area (Å²) in [6.07, 6.45) is 0.968. The van der Waals surface area contributed by atoms with Crippen molar-refractivity contribution < 1.29 is 9.53 Å². The van der Waals surface area contributed by atoms with Gasteiger partial charge in [0.15, 0.2) is 0 Å². The summed E-state index contributed by atoms with van der Waals surface area (Å²) in [5.41, 5.74) is 0.479. The Morgan fingerprint density at radius 2 is 1.81 bits per heavy atom. The number of rotatable bonds is 5. The van der Waals surface area contributed by atoms with Gasteiger partial charge in [0.1, 0.15) is 0 Å². The molecule has 0 rings (SSSR count). The Kier molecular flexibility index (Phi) is 5.46. The maximum atomic E-state index is 11.2. The van der Waals surface area contributed by atoms with Crippen LogP contribution in [0.15, 0.2) is 12.2 Å². The van der Waals surface area contributed by atoms with Gasteiger partial charge in [0.05, 0.1) is 14.7 Å². The van der Waals surface area contributed by atoms with E-state index in [0.717, 1.165) is 6.42 Å². The second-order valence-electron chi connectivity index (χ2n) is 6.15. The third kappa shape index (κ3) is 4.97. The Bertz CT molecular complexity index is 262. The zero-order valence-electron chi connectivity index (χ0n) is 11.6. The number of carbonyl (C=O) groups excluding carboxylic acids is 1. The molecule has 0 amide bonds. The fourth-order valence-corrected chi connectivity index (χ4v) is 2.96. The van der Waals surface area contributed by atoms with Crippen molar-refractivity contribution in [2.24, 2.45) is 0 Å². The molecule has 94 valence electrons. The molecular formula is C13H26O2Si. The van der Waals surface area contributed by atoms with E-state index in [9.17, 15) is 4.79 Å². The molecule has 0 aromatic rings. The zero-order chi connectivity index (χ0) is 13.0. The lowest BCUT2D eigenvalue weighted by Crippen LogP contribution is -2.37. The molecule has 0 radical (unpaired) electrons. The van der Waals surface area contributed by atoms with Crippen molar-refractivity contribution >= 4 is 14.0 Å². The van der Waals surface area contributed by atoms with Gasteiger partial charge in [-0.15, -0.1) is 0 Å². The van der Waals surface area contributed by atoms with Crippen LogP contribution in [0.3, 0.4) is 0 Å². The standard InChI is InChI=1S/C13H26O2Si/c1-11(2)12(14)15-9-8-10-16(6,7)13(3,4)5/h1,8-10H2,2-7H3. The molecule has 0 unspecified atom stereocenters. The summed E-state index contributed by atoms with van der Waals surface area (Å²) in [6.45, 7) is 17.5. The van der Waals surface area contributed by atoms with Crippen molar-refractivity contribution in [3.8, 4) is 0 Å². The molecule has 16 heavy (non-hydrogen) atoms. The average molecular weight is 242 g/mol. The normalized spacial score (nSPS) is 12.4. The van der Waals surface area contributed by atoms with E-state index in [2.05, 4.69) is 40.4 Å². The first-order valence-electron chi connectivity index (χ1n) is 5.90. The van der Waals surface area contributed by atoms with Gasteiger partial charge >= 0.3 is 5.97 Å². The first-order chi connectivity index (χ1) is 7.08. The molecule has 0 N–H and O–H groups in total. The van der Waals surface area contributed by atoms with Crippen molar-refractivity contribution in [2.75, 3.05) is 6.61 Å². The van der Waals surface area contributed by atoms with Crippen LogP contribution in [0.4, 0.5) is 0 Å². The van der Waals surface area contributed by atoms with Crippen molar-refractivity contribution in [3.05, 3.63) is 12.2 Å². The lowest BCUT2D eigenvalue weighted by molar-refractivity contribution is -0.138. The molecule has 0 aromatic carbocycles. The van der Waals surface area contributed by atoms with Crippen LogP contribution in [0, 0.1) is 0 Å². The molecule has 0 fully saturated rings. The molecule has 0 aliphatic rings. The zero-order valence-corrected chi connectivity index (χ0v) is 12.6. The Morgan fingerprint density at radius 3 is 2.19 bits per heavy atom. The molecule has 2 nitrogen and oxygen atoms in total.